The van der Waals surface area contributed by atoms with Crippen molar-refractivity contribution >= 4 is 58.9 Å². The van der Waals surface area contributed by atoms with Gasteiger partial charge in [-0.3, -0.25) is 19.4 Å². The van der Waals surface area contributed by atoms with Crippen LogP contribution < -0.4 is 5.43 Å². The van der Waals surface area contributed by atoms with Gasteiger partial charge in [0, 0.05) is 24.7 Å². The quantitative estimate of drug-likeness (QED) is 0.447. The minimum atomic E-state index is -0.825. The van der Waals surface area contributed by atoms with E-state index in [1.807, 2.05) is 0 Å². The summed E-state index contributed by atoms with van der Waals surface area (Å²) in [6.45, 7) is 1.53. The number of nitrogens with zero attached hydrogens (tertiary/aromatic N) is 5. The molecule has 0 bridgehead atoms. The molecule has 1 aromatic carbocycles. The fraction of sp³-hybridized carbons (Fsp3) is 0.294. The number of fused-ring (bicyclic) bond motifs is 1. The van der Waals surface area contributed by atoms with Gasteiger partial charge >= 0.3 is 6.03 Å². The Bertz CT molecular complexity index is 972. The normalized spacial score (nSPS) is 19.5. The van der Waals surface area contributed by atoms with Gasteiger partial charge in [0.05, 0.1) is 10.7 Å². The summed E-state index contributed by atoms with van der Waals surface area (Å²) in [5, 5.41) is 4.95. The number of hydrogen-bond donors (Lipinski definition) is 1. The second kappa shape index (κ2) is 7.69. The smallest absolute Gasteiger partial charge is 0.269 e. The average Bonchev–Trinajstić information content (AvgIpc) is 3.06. The molecule has 0 spiro atoms. The summed E-state index contributed by atoms with van der Waals surface area (Å²) in [6.07, 6.45) is 1.37. The second-order valence-corrected chi connectivity index (χ2v) is 7.12. The molecular weight excluding hydrogens is 407 g/mol. The highest BCUT2D eigenvalue weighted by Crippen LogP contribution is 2.21. The van der Waals surface area contributed by atoms with Crippen LogP contribution in [0.2, 0.25) is 10.0 Å². The van der Waals surface area contributed by atoms with E-state index in [9.17, 15) is 14.4 Å². The molecule has 1 atom stereocenters. The molecule has 1 saturated heterocycles. The summed E-state index contributed by atoms with van der Waals surface area (Å²) < 4.78 is 1.45. The van der Waals surface area contributed by atoms with Gasteiger partial charge in [-0.25, -0.2) is 14.8 Å². The number of hydrazone groups is 1. The van der Waals surface area contributed by atoms with Gasteiger partial charge in [-0.2, -0.15) is 5.10 Å². The van der Waals surface area contributed by atoms with Crippen LogP contribution in [0.4, 0.5) is 4.79 Å². The fourth-order valence-electron chi connectivity index (χ4n) is 2.86. The molecule has 1 fully saturated rings. The summed E-state index contributed by atoms with van der Waals surface area (Å²) in [5.74, 6) is -0.614. The minimum absolute atomic E-state index is 0.162. The lowest BCUT2D eigenvalue weighted by molar-refractivity contribution is -0.519. The lowest BCUT2D eigenvalue weighted by Gasteiger charge is -2.30. The van der Waals surface area contributed by atoms with Crippen LogP contribution in [0.5, 0.6) is 0 Å². The Labute approximate surface area is 170 Å². The molecule has 11 heteroatoms. The number of carbonyl (C=O) groups excluding carboxylic acids is 3. The van der Waals surface area contributed by atoms with E-state index in [-0.39, 0.29) is 12.4 Å². The van der Waals surface area contributed by atoms with Gasteiger partial charge < -0.3 is 0 Å². The van der Waals surface area contributed by atoms with Gasteiger partial charge in [-0.15, -0.1) is 0 Å². The van der Waals surface area contributed by atoms with Crippen LogP contribution in [0.1, 0.15) is 12.5 Å². The van der Waals surface area contributed by atoms with E-state index in [0.29, 0.717) is 21.3 Å². The topological polar surface area (TPSA) is 97.5 Å². The van der Waals surface area contributed by atoms with Crippen LogP contribution >= 0.6 is 23.2 Å². The molecule has 146 valence electrons. The summed E-state index contributed by atoms with van der Waals surface area (Å²) >= 11 is 12.0. The van der Waals surface area contributed by atoms with E-state index < -0.39 is 23.9 Å². The highest BCUT2D eigenvalue weighted by Gasteiger charge is 2.50. The highest BCUT2D eigenvalue weighted by molar-refractivity contribution is 6.37. The molecule has 3 rings (SSSR count). The maximum atomic E-state index is 12.4. The van der Waals surface area contributed by atoms with E-state index in [1.54, 1.807) is 25.1 Å². The maximum absolute atomic E-state index is 12.4. The number of amidine groups is 1. The Balaban J connectivity index is 1.67. The first-order valence-electron chi connectivity index (χ1n) is 8.21. The van der Waals surface area contributed by atoms with Crippen LogP contribution in [-0.4, -0.2) is 76.8 Å². The standard InChI is InChI=1S/C17H16Cl2N6O3/c1-9(11-5-4-10(18)6-12(11)19)21-22-13(26)7-25-8-20-15-14(25)16(27)24(3)17(28)23(15)2/h4-6,8,14H,7H2,1-3H3/p+1/b21-9+. The number of amides is 4. The molecule has 2 heterocycles. The van der Waals surface area contributed by atoms with Crippen LogP contribution in [0.3, 0.4) is 0 Å². The predicted molar refractivity (Wildman–Crippen MR) is 105 cm³/mol. The molecule has 1 unspecified atom stereocenters. The zero-order valence-electron chi connectivity index (χ0n) is 15.3. The van der Waals surface area contributed by atoms with Crippen LogP contribution in [0.15, 0.2) is 28.3 Å². The predicted octanol–water partition coefficient (Wildman–Crippen LogP) is 1.18. The molecule has 1 N–H and O–H groups in total. The lowest BCUT2D eigenvalue weighted by Crippen LogP contribution is -2.62. The molecule has 0 aromatic heterocycles. The Morgan fingerprint density at radius 1 is 1.29 bits per heavy atom. The Hall–Kier alpha value is -2.78. The van der Waals surface area contributed by atoms with E-state index in [1.165, 1.54) is 29.9 Å². The summed E-state index contributed by atoms with van der Waals surface area (Å²) in [5.41, 5.74) is 3.56. The van der Waals surface area contributed by atoms with Gasteiger partial charge in [-0.05, 0) is 24.0 Å². The molecule has 4 amide bonds. The Morgan fingerprint density at radius 2 is 2.00 bits per heavy atom. The second-order valence-electron chi connectivity index (χ2n) is 6.27. The third-order valence-corrected chi connectivity index (χ3v) is 4.94. The van der Waals surface area contributed by atoms with Gasteiger partial charge in [0.2, 0.25) is 0 Å². The Morgan fingerprint density at radius 3 is 2.68 bits per heavy atom. The number of benzene rings is 1. The Kier molecular flexibility index (Phi) is 5.48. The van der Waals surface area contributed by atoms with Gasteiger partial charge in [0.15, 0.2) is 6.54 Å². The number of carbonyl (C=O) groups is 3. The lowest BCUT2D eigenvalue weighted by atomic mass is 10.1. The third-order valence-electron chi connectivity index (χ3n) is 4.39. The van der Waals surface area contributed by atoms with Gasteiger partial charge in [0.1, 0.15) is 0 Å². The first kappa shape index (κ1) is 20.0. The molecular formula is C17H17Cl2N6O3+. The van der Waals surface area contributed by atoms with Crippen molar-refractivity contribution in [2.75, 3.05) is 20.6 Å². The average molecular weight is 424 g/mol. The largest absolute Gasteiger partial charge is 0.333 e. The monoisotopic (exact) mass is 423 g/mol. The van der Waals surface area contributed by atoms with Gasteiger partial charge in [0.25, 0.3) is 30.0 Å². The molecule has 0 aliphatic carbocycles. The number of rotatable bonds is 4. The van der Waals surface area contributed by atoms with Crippen molar-refractivity contribution < 1.29 is 19.0 Å². The molecule has 2 aliphatic heterocycles. The summed E-state index contributed by atoms with van der Waals surface area (Å²) in [7, 11) is 2.91. The molecule has 0 radical (unpaired) electrons. The van der Waals surface area contributed by atoms with Crippen molar-refractivity contribution in [3.8, 4) is 0 Å². The van der Waals surface area contributed by atoms with Crippen molar-refractivity contribution in [3.63, 3.8) is 0 Å². The molecule has 9 nitrogen and oxygen atoms in total. The summed E-state index contributed by atoms with van der Waals surface area (Å²) in [4.78, 5) is 43.1. The van der Waals surface area contributed by atoms with Crippen LogP contribution in [0.25, 0.3) is 0 Å². The molecule has 28 heavy (non-hydrogen) atoms. The number of urea groups is 1. The highest BCUT2D eigenvalue weighted by atomic mass is 35.5. The number of likely N-dealkylation sites (N-methyl/N-ethyl adjacent to an activating group) is 2. The number of aliphatic imine (C=N–C) groups is 1. The zero-order chi connectivity index (χ0) is 20.6. The zero-order valence-corrected chi connectivity index (χ0v) is 16.8. The van der Waals surface area contributed by atoms with Crippen LogP contribution in [-0.2, 0) is 9.59 Å². The maximum Gasteiger partial charge on any atom is 0.333 e. The number of halogens is 2. The van der Waals surface area contributed by atoms with Crippen LogP contribution in [0, 0.1) is 0 Å². The SMILES string of the molecule is C/C(=N\NC(=O)C[N+]1=CN=C2C1C(=O)N(C)C(=O)N2C)c1ccc(Cl)cc1Cl. The first-order valence-corrected chi connectivity index (χ1v) is 8.97. The first-order chi connectivity index (χ1) is 13.2. The van der Waals surface area contributed by atoms with Crippen molar-refractivity contribution in [1.82, 2.24) is 15.2 Å². The van der Waals surface area contributed by atoms with Gasteiger partial charge in [-0.1, -0.05) is 29.3 Å². The molecule has 0 saturated carbocycles. The van der Waals surface area contributed by atoms with E-state index in [4.69, 9.17) is 23.2 Å². The van der Waals surface area contributed by atoms with Crippen molar-refractivity contribution in [2.24, 2.45) is 10.1 Å². The molecule has 2 aliphatic rings. The van der Waals surface area contributed by atoms with Crippen molar-refractivity contribution in [1.29, 1.82) is 0 Å². The third kappa shape index (κ3) is 3.63. The van der Waals surface area contributed by atoms with E-state index in [0.717, 1.165) is 4.90 Å². The number of hydrogen-bond acceptors (Lipinski definition) is 5. The number of nitrogens with one attached hydrogen (secondary N) is 1. The van der Waals surface area contributed by atoms with Crippen molar-refractivity contribution in [3.05, 3.63) is 33.8 Å². The fourth-order valence-corrected chi connectivity index (χ4v) is 3.41. The number of imide groups is 1. The minimum Gasteiger partial charge on any atom is -0.269 e. The van der Waals surface area contributed by atoms with E-state index >= 15 is 0 Å². The summed E-state index contributed by atoms with van der Waals surface area (Å²) in [6, 6.07) is 3.66. The van der Waals surface area contributed by atoms with E-state index in [2.05, 4.69) is 15.5 Å². The van der Waals surface area contributed by atoms with Crippen molar-refractivity contribution in [2.45, 2.75) is 13.0 Å². The molecule has 1 aromatic rings.